The molecule has 0 unspecified atom stereocenters. The lowest BCUT2D eigenvalue weighted by molar-refractivity contribution is 0.0740. The molecule has 0 spiro atoms. The molecule has 3 rings (SSSR count). The van der Waals surface area contributed by atoms with Crippen LogP contribution in [0.25, 0.3) is 0 Å². The van der Waals surface area contributed by atoms with Gasteiger partial charge in [-0.3, -0.25) is 4.79 Å². The molecule has 1 saturated heterocycles. The first-order chi connectivity index (χ1) is 12.7. The summed E-state index contributed by atoms with van der Waals surface area (Å²) in [6.45, 7) is 7.46. The van der Waals surface area contributed by atoms with Gasteiger partial charge in [-0.2, -0.15) is 0 Å². The van der Waals surface area contributed by atoms with Crippen LogP contribution in [0.1, 0.15) is 36.1 Å². The SMILES string of the molecule is CCCCNc1cc(C(=O)N2CCN(c3ncccn3)CC2)nc(C)n1. The summed E-state index contributed by atoms with van der Waals surface area (Å²) in [5.41, 5.74) is 0.445. The van der Waals surface area contributed by atoms with Crippen LogP contribution in [0.5, 0.6) is 0 Å². The molecular formula is C18H25N7O. The second kappa shape index (κ2) is 8.55. The first kappa shape index (κ1) is 18.0. The molecule has 8 heteroatoms. The van der Waals surface area contributed by atoms with Crippen LogP contribution >= 0.6 is 0 Å². The fourth-order valence-electron chi connectivity index (χ4n) is 2.89. The number of carbonyl (C=O) groups is 1. The van der Waals surface area contributed by atoms with Crippen LogP contribution in [0.3, 0.4) is 0 Å². The zero-order valence-corrected chi connectivity index (χ0v) is 15.4. The van der Waals surface area contributed by atoms with Crippen LogP contribution in [-0.2, 0) is 0 Å². The van der Waals surface area contributed by atoms with Crippen molar-refractivity contribution in [3.05, 3.63) is 36.0 Å². The number of piperazine rings is 1. The molecule has 3 heterocycles. The van der Waals surface area contributed by atoms with Gasteiger partial charge in [0, 0.05) is 51.2 Å². The van der Waals surface area contributed by atoms with Crippen LogP contribution in [-0.4, -0.2) is 63.5 Å². The minimum absolute atomic E-state index is 0.0531. The van der Waals surface area contributed by atoms with E-state index >= 15 is 0 Å². The molecule has 1 fully saturated rings. The van der Waals surface area contributed by atoms with Gasteiger partial charge >= 0.3 is 0 Å². The molecule has 26 heavy (non-hydrogen) atoms. The number of hydrogen-bond acceptors (Lipinski definition) is 7. The summed E-state index contributed by atoms with van der Waals surface area (Å²) >= 11 is 0. The van der Waals surface area contributed by atoms with Crippen molar-refractivity contribution >= 4 is 17.7 Å². The van der Waals surface area contributed by atoms with Crippen molar-refractivity contribution in [2.24, 2.45) is 0 Å². The summed E-state index contributed by atoms with van der Waals surface area (Å²) in [6, 6.07) is 3.55. The average Bonchev–Trinajstić information content (AvgIpc) is 2.68. The number of hydrogen-bond donors (Lipinski definition) is 1. The Hall–Kier alpha value is -2.77. The van der Waals surface area contributed by atoms with Gasteiger partial charge in [0.1, 0.15) is 17.3 Å². The Morgan fingerprint density at radius 3 is 2.58 bits per heavy atom. The van der Waals surface area contributed by atoms with Gasteiger partial charge < -0.3 is 15.1 Å². The zero-order valence-electron chi connectivity index (χ0n) is 15.4. The molecule has 2 aromatic rings. The van der Waals surface area contributed by atoms with E-state index in [4.69, 9.17) is 0 Å². The van der Waals surface area contributed by atoms with E-state index in [1.165, 1.54) is 0 Å². The molecule has 2 aromatic heterocycles. The molecule has 0 atom stereocenters. The van der Waals surface area contributed by atoms with E-state index in [9.17, 15) is 4.79 Å². The maximum absolute atomic E-state index is 12.8. The maximum Gasteiger partial charge on any atom is 0.272 e. The largest absolute Gasteiger partial charge is 0.370 e. The van der Waals surface area contributed by atoms with Gasteiger partial charge in [-0.15, -0.1) is 0 Å². The number of nitrogens with zero attached hydrogens (tertiary/aromatic N) is 6. The fraction of sp³-hybridized carbons (Fsp3) is 0.500. The monoisotopic (exact) mass is 355 g/mol. The predicted octanol–water partition coefficient (Wildman–Crippen LogP) is 1.75. The van der Waals surface area contributed by atoms with E-state index in [1.807, 2.05) is 11.8 Å². The normalized spacial score (nSPS) is 14.4. The number of aryl methyl sites for hydroxylation is 1. The van der Waals surface area contributed by atoms with E-state index < -0.39 is 0 Å². The van der Waals surface area contributed by atoms with Crippen molar-refractivity contribution in [1.29, 1.82) is 0 Å². The Bertz CT molecular complexity index is 730. The highest BCUT2D eigenvalue weighted by atomic mass is 16.2. The first-order valence-corrected chi connectivity index (χ1v) is 9.08. The molecule has 0 aromatic carbocycles. The number of anilines is 2. The third-order valence-corrected chi connectivity index (χ3v) is 4.30. The second-order valence-electron chi connectivity index (χ2n) is 6.29. The third kappa shape index (κ3) is 4.44. The minimum Gasteiger partial charge on any atom is -0.370 e. The number of aromatic nitrogens is 4. The van der Waals surface area contributed by atoms with Crippen LogP contribution < -0.4 is 10.2 Å². The summed E-state index contributed by atoms with van der Waals surface area (Å²) in [6.07, 6.45) is 5.64. The Labute approximate surface area is 153 Å². The quantitative estimate of drug-likeness (QED) is 0.790. The van der Waals surface area contributed by atoms with Gasteiger partial charge in [-0.25, -0.2) is 19.9 Å². The van der Waals surface area contributed by atoms with Crippen LogP contribution in [0.2, 0.25) is 0 Å². The molecule has 0 aliphatic carbocycles. The Morgan fingerprint density at radius 1 is 1.15 bits per heavy atom. The molecule has 0 bridgehead atoms. The van der Waals surface area contributed by atoms with Crippen molar-refractivity contribution in [3.8, 4) is 0 Å². The summed E-state index contributed by atoms with van der Waals surface area (Å²) in [4.78, 5) is 34.0. The van der Waals surface area contributed by atoms with Gasteiger partial charge in [0.2, 0.25) is 5.95 Å². The lowest BCUT2D eigenvalue weighted by atomic mass is 10.2. The Balaban J connectivity index is 1.63. The van der Waals surface area contributed by atoms with Crippen molar-refractivity contribution in [2.45, 2.75) is 26.7 Å². The van der Waals surface area contributed by atoms with Crippen LogP contribution in [0.4, 0.5) is 11.8 Å². The minimum atomic E-state index is -0.0531. The lowest BCUT2D eigenvalue weighted by Crippen LogP contribution is -2.49. The highest BCUT2D eigenvalue weighted by Gasteiger charge is 2.24. The number of rotatable bonds is 6. The zero-order chi connectivity index (χ0) is 18.4. The summed E-state index contributed by atoms with van der Waals surface area (Å²) in [5, 5.41) is 3.27. The fourth-order valence-corrected chi connectivity index (χ4v) is 2.89. The van der Waals surface area contributed by atoms with Crippen molar-refractivity contribution in [1.82, 2.24) is 24.8 Å². The molecular weight excluding hydrogens is 330 g/mol. The van der Waals surface area contributed by atoms with Crippen molar-refractivity contribution in [3.63, 3.8) is 0 Å². The van der Waals surface area contributed by atoms with Crippen LogP contribution in [0.15, 0.2) is 24.5 Å². The first-order valence-electron chi connectivity index (χ1n) is 9.08. The number of carbonyl (C=O) groups excluding carboxylic acids is 1. The summed E-state index contributed by atoms with van der Waals surface area (Å²) in [5.74, 6) is 1.97. The Morgan fingerprint density at radius 2 is 1.88 bits per heavy atom. The highest BCUT2D eigenvalue weighted by molar-refractivity contribution is 5.93. The van der Waals surface area contributed by atoms with Gasteiger partial charge in [-0.1, -0.05) is 13.3 Å². The molecule has 1 amide bonds. The van der Waals surface area contributed by atoms with E-state index in [0.29, 0.717) is 49.5 Å². The maximum atomic E-state index is 12.8. The lowest BCUT2D eigenvalue weighted by Gasteiger charge is -2.34. The van der Waals surface area contributed by atoms with E-state index in [2.05, 4.69) is 37.1 Å². The molecule has 1 aliphatic heterocycles. The average molecular weight is 355 g/mol. The summed E-state index contributed by atoms with van der Waals surface area (Å²) in [7, 11) is 0. The number of unbranched alkanes of at least 4 members (excludes halogenated alkanes) is 1. The van der Waals surface area contributed by atoms with Gasteiger partial charge in [0.25, 0.3) is 5.91 Å². The molecule has 138 valence electrons. The number of nitrogens with one attached hydrogen (secondary N) is 1. The second-order valence-corrected chi connectivity index (χ2v) is 6.29. The van der Waals surface area contributed by atoms with Crippen molar-refractivity contribution in [2.75, 3.05) is 42.9 Å². The van der Waals surface area contributed by atoms with E-state index in [-0.39, 0.29) is 5.91 Å². The van der Waals surface area contributed by atoms with Gasteiger partial charge in [-0.05, 0) is 19.4 Å². The highest BCUT2D eigenvalue weighted by Crippen LogP contribution is 2.14. The molecule has 1 aliphatic rings. The van der Waals surface area contributed by atoms with Gasteiger partial charge in [0.15, 0.2) is 0 Å². The van der Waals surface area contributed by atoms with Crippen molar-refractivity contribution < 1.29 is 4.79 Å². The van der Waals surface area contributed by atoms with Crippen LogP contribution in [0, 0.1) is 6.92 Å². The molecule has 8 nitrogen and oxygen atoms in total. The number of amides is 1. The topological polar surface area (TPSA) is 87.1 Å². The van der Waals surface area contributed by atoms with Gasteiger partial charge in [0.05, 0.1) is 0 Å². The Kier molecular flexibility index (Phi) is 5.93. The molecule has 0 saturated carbocycles. The molecule has 1 N–H and O–H groups in total. The third-order valence-electron chi connectivity index (χ3n) is 4.30. The standard InChI is InChI=1S/C18H25N7O/c1-3-4-6-19-16-13-15(22-14(2)23-16)17(26)24-9-11-25(12-10-24)18-20-7-5-8-21-18/h5,7-8,13H,3-4,6,9-12H2,1-2H3,(H,19,22,23). The summed E-state index contributed by atoms with van der Waals surface area (Å²) < 4.78 is 0. The predicted molar refractivity (Wildman–Crippen MR) is 100 cm³/mol. The van der Waals surface area contributed by atoms with E-state index in [1.54, 1.807) is 24.5 Å². The van der Waals surface area contributed by atoms with E-state index in [0.717, 1.165) is 19.4 Å². The molecule has 0 radical (unpaired) electrons. The smallest absolute Gasteiger partial charge is 0.272 e.